The summed E-state index contributed by atoms with van der Waals surface area (Å²) in [6.45, 7) is 9.28. The smallest absolute Gasteiger partial charge is 0.315 e. The van der Waals surface area contributed by atoms with Gasteiger partial charge in [-0.1, -0.05) is 24.3 Å². The molecule has 3 heterocycles. The first-order chi connectivity index (χ1) is 19.5. The molecule has 12 nitrogen and oxygen atoms in total. The van der Waals surface area contributed by atoms with Gasteiger partial charge in [-0.2, -0.15) is 0 Å². The average molecular weight is 571 g/mol. The molecule has 222 valence electrons. The van der Waals surface area contributed by atoms with Crippen molar-refractivity contribution < 1.29 is 24.1 Å². The number of rotatable bonds is 11. The van der Waals surface area contributed by atoms with Crippen LogP contribution in [0.1, 0.15) is 45.9 Å². The van der Waals surface area contributed by atoms with Crippen LogP contribution in [-0.2, 0) is 11.3 Å². The number of halogens is 1. The number of nitrogens with zero attached hydrogens (tertiary/aromatic N) is 4. The lowest BCUT2D eigenvalue weighted by molar-refractivity contribution is -0.0245. The van der Waals surface area contributed by atoms with Crippen LogP contribution < -0.4 is 21.3 Å². The first-order valence-corrected chi connectivity index (χ1v) is 13.7. The van der Waals surface area contributed by atoms with Crippen LogP contribution in [-0.4, -0.2) is 78.7 Å². The zero-order valence-electron chi connectivity index (χ0n) is 23.7. The van der Waals surface area contributed by atoms with Crippen LogP contribution >= 0.6 is 0 Å². The maximum Gasteiger partial charge on any atom is 0.315 e. The molecule has 3 aromatic rings. The molecule has 2 amide bonds. The fourth-order valence-corrected chi connectivity index (χ4v) is 4.42. The molecule has 0 spiro atoms. The number of aliphatic hydroxyl groups is 2. The van der Waals surface area contributed by atoms with Gasteiger partial charge in [0.2, 0.25) is 0 Å². The van der Waals surface area contributed by atoms with Crippen LogP contribution in [0.2, 0.25) is 0 Å². The second kappa shape index (κ2) is 13.3. The molecule has 1 fully saturated rings. The Morgan fingerprint density at radius 3 is 2.76 bits per heavy atom. The zero-order chi connectivity index (χ0) is 29.6. The monoisotopic (exact) mass is 570 g/mol. The van der Waals surface area contributed by atoms with Gasteiger partial charge in [0, 0.05) is 24.7 Å². The van der Waals surface area contributed by atoms with Gasteiger partial charge in [-0.3, -0.25) is 4.57 Å². The molecule has 6 N–H and O–H groups in total. The highest BCUT2D eigenvalue weighted by molar-refractivity contribution is 5.82. The van der Waals surface area contributed by atoms with E-state index in [0.717, 1.165) is 12.0 Å². The minimum absolute atomic E-state index is 0.0288. The predicted molar refractivity (Wildman–Crippen MR) is 152 cm³/mol. The summed E-state index contributed by atoms with van der Waals surface area (Å²) in [6.07, 6.45) is 3.16. The normalized spacial score (nSPS) is 21.8. The van der Waals surface area contributed by atoms with E-state index < -0.39 is 24.5 Å². The quantitative estimate of drug-likeness (QED) is 0.150. The van der Waals surface area contributed by atoms with Crippen LogP contribution in [0.3, 0.4) is 0 Å². The van der Waals surface area contributed by atoms with Gasteiger partial charge in [-0.25, -0.2) is 24.1 Å². The van der Waals surface area contributed by atoms with Gasteiger partial charge in [0.15, 0.2) is 23.2 Å². The number of anilines is 1. The van der Waals surface area contributed by atoms with E-state index in [2.05, 4.69) is 36.2 Å². The van der Waals surface area contributed by atoms with E-state index in [9.17, 15) is 19.4 Å². The average Bonchev–Trinajstić information content (AvgIpc) is 3.46. The predicted octanol–water partition coefficient (Wildman–Crippen LogP) is 2.22. The molecular formula is C28H39FN8O4. The molecule has 1 aliphatic heterocycles. The molecule has 0 radical (unpaired) electrons. The molecule has 1 saturated heterocycles. The summed E-state index contributed by atoms with van der Waals surface area (Å²) in [5, 5.41) is 33.6. The first kappa shape index (κ1) is 30.3. The van der Waals surface area contributed by atoms with Crippen LogP contribution in [0.15, 0.2) is 49.1 Å². The number of aliphatic hydroxyl groups excluding tert-OH is 2. The minimum atomic E-state index is -1.21. The van der Waals surface area contributed by atoms with E-state index >= 15 is 0 Å². The fraction of sp³-hybridized carbons (Fsp3) is 0.500. The maximum atomic E-state index is 13.5. The summed E-state index contributed by atoms with van der Waals surface area (Å²) in [6, 6.07) is 6.03. The van der Waals surface area contributed by atoms with Crippen LogP contribution in [0.5, 0.6) is 0 Å². The molecule has 0 bridgehead atoms. The molecule has 13 heteroatoms. The van der Waals surface area contributed by atoms with Crippen molar-refractivity contribution in [3.05, 3.63) is 60.5 Å². The molecule has 2 aromatic heterocycles. The Kier molecular flexibility index (Phi) is 9.86. The van der Waals surface area contributed by atoms with Crippen molar-refractivity contribution in [2.24, 2.45) is 0 Å². The Morgan fingerprint density at radius 1 is 1.20 bits per heavy atom. The number of aromatic nitrogens is 4. The Balaban J connectivity index is 1.30. The summed E-state index contributed by atoms with van der Waals surface area (Å²) >= 11 is 0. The standard InChI is InChI=1S/C28H39FN8O4/c1-17(30-11-6-12-31-27(40)36-28(2,3)4)9-10-20-22(38)23(39)26(41-20)37-16-35-21-24(33-15-34-25(21)37)32-14-18-7-5-8-19(29)13-18/h5,7-10,13,15-17,20,22-23,26,30,38-39H,6,11-12,14H2,1-4H3,(H2,31,36,40)(H,32,33,34)/t17?,20-,22-,23-,26-/m1/s1. The fourth-order valence-electron chi connectivity index (χ4n) is 4.42. The molecule has 1 unspecified atom stereocenters. The van der Waals surface area contributed by atoms with E-state index in [1.807, 2.05) is 33.8 Å². The van der Waals surface area contributed by atoms with Gasteiger partial charge < -0.3 is 36.2 Å². The lowest BCUT2D eigenvalue weighted by Gasteiger charge is -2.20. The van der Waals surface area contributed by atoms with E-state index in [-0.39, 0.29) is 23.4 Å². The molecule has 41 heavy (non-hydrogen) atoms. The number of ether oxygens (including phenoxy) is 1. The third-order valence-corrected chi connectivity index (χ3v) is 6.44. The summed E-state index contributed by atoms with van der Waals surface area (Å²) in [4.78, 5) is 24.8. The van der Waals surface area contributed by atoms with Gasteiger partial charge >= 0.3 is 6.03 Å². The number of hydrogen-bond acceptors (Lipinski definition) is 9. The van der Waals surface area contributed by atoms with Crippen molar-refractivity contribution in [2.75, 3.05) is 18.4 Å². The van der Waals surface area contributed by atoms with Crippen LogP contribution in [0.25, 0.3) is 11.2 Å². The molecule has 1 aromatic carbocycles. The first-order valence-electron chi connectivity index (χ1n) is 13.7. The second-order valence-corrected chi connectivity index (χ2v) is 11.1. The van der Waals surface area contributed by atoms with E-state index in [4.69, 9.17) is 4.74 Å². The van der Waals surface area contributed by atoms with Crippen molar-refractivity contribution in [1.82, 2.24) is 35.5 Å². The lowest BCUT2D eigenvalue weighted by Crippen LogP contribution is -2.46. The number of carbonyl (C=O) groups excluding carboxylic acids is 1. The summed E-state index contributed by atoms with van der Waals surface area (Å²) in [5.41, 5.74) is 1.33. The van der Waals surface area contributed by atoms with Gasteiger partial charge in [0.05, 0.1) is 6.33 Å². The van der Waals surface area contributed by atoms with E-state index in [1.165, 1.54) is 24.8 Å². The number of fused-ring (bicyclic) bond motifs is 1. The number of benzene rings is 1. The molecule has 0 saturated carbocycles. The number of hydrogen-bond donors (Lipinski definition) is 6. The van der Waals surface area contributed by atoms with Crippen LogP contribution in [0.4, 0.5) is 15.0 Å². The summed E-state index contributed by atoms with van der Waals surface area (Å²) in [5.74, 6) is 0.128. The maximum absolute atomic E-state index is 13.5. The summed E-state index contributed by atoms with van der Waals surface area (Å²) in [7, 11) is 0. The molecule has 1 aliphatic rings. The van der Waals surface area contributed by atoms with Crippen molar-refractivity contribution >= 4 is 23.0 Å². The van der Waals surface area contributed by atoms with E-state index in [1.54, 1.807) is 22.8 Å². The third kappa shape index (κ3) is 8.19. The number of amides is 2. The van der Waals surface area contributed by atoms with Crippen LogP contribution in [0, 0.1) is 5.82 Å². The number of urea groups is 1. The number of carbonyl (C=O) groups is 1. The molecule has 4 rings (SSSR count). The highest BCUT2D eigenvalue weighted by atomic mass is 19.1. The molecule has 5 atom stereocenters. The third-order valence-electron chi connectivity index (χ3n) is 6.44. The minimum Gasteiger partial charge on any atom is -0.387 e. The van der Waals surface area contributed by atoms with Gasteiger partial charge in [0.25, 0.3) is 0 Å². The number of nitrogens with one attached hydrogen (secondary N) is 4. The van der Waals surface area contributed by atoms with Crippen molar-refractivity contribution in [3.63, 3.8) is 0 Å². The van der Waals surface area contributed by atoms with Crippen molar-refractivity contribution in [2.45, 2.75) is 76.8 Å². The molecule has 0 aliphatic carbocycles. The second-order valence-electron chi connectivity index (χ2n) is 11.1. The summed E-state index contributed by atoms with van der Waals surface area (Å²) < 4.78 is 21.1. The van der Waals surface area contributed by atoms with Gasteiger partial charge in [-0.05, 0) is 58.4 Å². The zero-order valence-corrected chi connectivity index (χ0v) is 23.7. The topological polar surface area (TPSA) is 158 Å². The Hall–Kier alpha value is -3.65. The lowest BCUT2D eigenvalue weighted by atomic mass is 10.1. The Bertz CT molecular complexity index is 1340. The highest BCUT2D eigenvalue weighted by Gasteiger charge is 2.43. The largest absolute Gasteiger partial charge is 0.387 e. The Morgan fingerprint density at radius 2 is 2.00 bits per heavy atom. The van der Waals surface area contributed by atoms with Gasteiger partial charge in [0.1, 0.15) is 30.5 Å². The van der Waals surface area contributed by atoms with Gasteiger partial charge in [-0.15, -0.1) is 0 Å². The Labute approximate surface area is 238 Å². The van der Waals surface area contributed by atoms with E-state index in [0.29, 0.717) is 36.6 Å². The number of imidazole rings is 1. The van der Waals surface area contributed by atoms with Crippen molar-refractivity contribution in [3.8, 4) is 0 Å². The molecular weight excluding hydrogens is 531 g/mol. The highest BCUT2D eigenvalue weighted by Crippen LogP contribution is 2.33. The van der Waals surface area contributed by atoms with Crippen molar-refractivity contribution in [1.29, 1.82) is 0 Å². The SMILES string of the molecule is CC(C=C[C@H]1O[C@@H](n2cnc3c(NCc4cccc(F)c4)ncnc32)[C@H](O)[C@@H]1O)NCCCNC(=O)NC(C)(C)C.